The lowest BCUT2D eigenvalue weighted by molar-refractivity contribution is -0.137. The van der Waals surface area contributed by atoms with E-state index in [2.05, 4.69) is 16.7 Å². The second kappa shape index (κ2) is 9.56. The van der Waals surface area contributed by atoms with Crippen LogP contribution in [0, 0.1) is 11.3 Å². The van der Waals surface area contributed by atoms with Crippen molar-refractivity contribution in [2.24, 2.45) is 0 Å². The summed E-state index contributed by atoms with van der Waals surface area (Å²) in [6.45, 7) is 3.66. The van der Waals surface area contributed by atoms with E-state index in [1.807, 2.05) is 56.3 Å². The Hall–Kier alpha value is -3.33. The largest absolute Gasteiger partial charge is 0.481 e. The molecule has 2 rings (SSSR count). The van der Waals surface area contributed by atoms with Gasteiger partial charge in [0.25, 0.3) is 0 Å². The number of carboxylic acids is 1. The number of amides is 2. The van der Waals surface area contributed by atoms with Crippen LogP contribution >= 0.6 is 0 Å². The Morgan fingerprint density at radius 1 is 1.11 bits per heavy atom. The lowest BCUT2D eigenvalue weighted by Crippen LogP contribution is -2.39. The van der Waals surface area contributed by atoms with E-state index in [4.69, 9.17) is 5.11 Å². The molecule has 2 aromatic rings. The molecule has 0 radical (unpaired) electrons. The van der Waals surface area contributed by atoms with Crippen LogP contribution in [0.25, 0.3) is 0 Å². The number of carbonyl (C=O) groups is 2. The molecule has 0 aromatic heterocycles. The standard InChI is InChI=1S/C22H25N3O3/c1-22(2,15-23)17-8-10-18(11-9-17)24-21(28)25-19(12-13-20(26)27)14-16-6-4-3-5-7-16/h3-11,19H,12-14H2,1-2H3,(H,26,27)(H2,24,25,28). The van der Waals surface area contributed by atoms with Gasteiger partial charge in [-0.25, -0.2) is 4.79 Å². The first kappa shape index (κ1) is 21.0. The smallest absolute Gasteiger partial charge is 0.319 e. The van der Waals surface area contributed by atoms with E-state index >= 15 is 0 Å². The highest BCUT2D eigenvalue weighted by molar-refractivity contribution is 5.89. The van der Waals surface area contributed by atoms with Gasteiger partial charge in [0, 0.05) is 18.2 Å². The number of carbonyl (C=O) groups excluding carboxylic acids is 1. The first-order chi connectivity index (χ1) is 13.3. The fourth-order valence-corrected chi connectivity index (χ4v) is 2.81. The van der Waals surface area contributed by atoms with Crippen molar-refractivity contribution < 1.29 is 14.7 Å². The Kier molecular flexibility index (Phi) is 7.16. The normalized spacial score (nSPS) is 11.9. The van der Waals surface area contributed by atoms with Crippen LogP contribution in [0.15, 0.2) is 54.6 Å². The number of nitriles is 1. The molecule has 6 heteroatoms. The fourth-order valence-electron chi connectivity index (χ4n) is 2.81. The number of benzene rings is 2. The third kappa shape index (κ3) is 6.44. The molecule has 28 heavy (non-hydrogen) atoms. The molecule has 0 fully saturated rings. The molecular weight excluding hydrogens is 354 g/mol. The lowest BCUT2D eigenvalue weighted by Gasteiger charge is -2.19. The summed E-state index contributed by atoms with van der Waals surface area (Å²) in [5, 5.41) is 23.8. The van der Waals surface area contributed by atoms with E-state index in [-0.39, 0.29) is 12.5 Å². The zero-order valence-electron chi connectivity index (χ0n) is 16.1. The lowest BCUT2D eigenvalue weighted by atomic mass is 9.86. The molecule has 146 valence electrons. The number of rotatable bonds is 8. The van der Waals surface area contributed by atoms with Crippen LogP contribution in [0.5, 0.6) is 0 Å². The highest BCUT2D eigenvalue weighted by Gasteiger charge is 2.19. The van der Waals surface area contributed by atoms with Gasteiger partial charge in [-0.05, 0) is 49.9 Å². The van der Waals surface area contributed by atoms with Gasteiger partial charge in [-0.1, -0.05) is 42.5 Å². The molecule has 0 spiro atoms. The summed E-state index contributed by atoms with van der Waals surface area (Å²) >= 11 is 0. The van der Waals surface area contributed by atoms with Gasteiger partial charge in [0.2, 0.25) is 0 Å². The molecule has 1 atom stereocenters. The summed E-state index contributed by atoms with van der Waals surface area (Å²) in [6.07, 6.45) is 0.875. The van der Waals surface area contributed by atoms with E-state index < -0.39 is 17.4 Å². The average Bonchev–Trinajstić information content (AvgIpc) is 2.67. The number of aliphatic carboxylic acids is 1. The molecular formula is C22H25N3O3. The van der Waals surface area contributed by atoms with E-state index in [1.54, 1.807) is 12.1 Å². The summed E-state index contributed by atoms with van der Waals surface area (Å²) in [4.78, 5) is 23.3. The van der Waals surface area contributed by atoms with Crippen molar-refractivity contribution in [3.05, 3.63) is 65.7 Å². The van der Waals surface area contributed by atoms with E-state index in [0.29, 0.717) is 18.5 Å². The Labute approximate surface area is 165 Å². The summed E-state index contributed by atoms with van der Waals surface area (Å²) in [5.74, 6) is -0.893. The van der Waals surface area contributed by atoms with Crippen molar-refractivity contribution in [2.45, 2.75) is 44.6 Å². The number of carboxylic acid groups (broad SMARTS) is 1. The van der Waals surface area contributed by atoms with Crippen molar-refractivity contribution in [1.82, 2.24) is 5.32 Å². The van der Waals surface area contributed by atoms with Gasteiger partial charge in [-0.3, -0.25) is 4.79 Å². The van der Waals surface area contributed by atoms with Gasteiger partial charge in [-0.15, -0.1) is 0 Å². The Morgan fingerprint density at radius 3 is 2.32 bits per heavy atom. The van der Waals surface area contributed by atoms with Crippen LogP contribution in [-0.2, 0) is 16.6 Å². The highest BCUT2D eigenvalue weighted by atomic mass is 16.4. The molecule has 2 amide bonds. The molecule has 2 aromatic carbocycles. The molecule has 0 bridgehead atoms. The topological polar surface area (TPSA) is 102 Å². The molecule has 1 unspecified atom stereocenters. The summed E-state index contributed by atoms with van der Waals surface area (Å²) in [6, 6.07) is 18.3. The van der Waals surface area contributed by atoms with Crippen LogP contribution < -0.4 is 10.6 Å². The van der Waals surface area contributed by atoms with Crippen molar-refractivity contribution in [2.75, 3.05) is 5.32 Å². The molecule has 0 aliphatic rings. The maximum atomic E-state index is 12.4. The van der Waals surface area contributed by atoms with E-state index in [9.17, 15) is 14.9 Å². The minimum absolute atomic E-state index is 0.0181. The van der Waals surface area contributed by atoms with E-state index in [0.717, 1.165) is 11.1 Å². The van der Waals surface area contributed by atoms with Gasteiger partial charge in [-0.2, -0.15) is 5.26 Å². The molecule has 0 saturated carbocycles. The van der Waals surface area contributed by atoms with Gasteiger partial charge in [0.05, 0.1) is 11.5 Å². The van der Waals surface area contributed by atoms with Gasteiger partial charge < -0.3 is 15.7 Å². The Balaban J connectivity index is 2.00. The average molecular weight is 379 g/mol. The number of anilines is 1. The molecule has 0 aliphatic heterocycles. The van der Waals surface area contributed by atoms with Crippen molar-refractivity contribution in [1.29, 1.82) is 5.26 Å². The fraction of sp³-hybridized carbons (Fsp3) is 0.318. The van der Waals surface area contributed by atoms with E-state index in [1.165, 1.54) is 0 Å². The van der Waals surface area contributed by atoms with Crippen molar-refractivity contribution in [3.8, 4) is 6.07 Å². The number of urea groups is 1. The van der Waals surface area contributed by atoms with Crippen molar-refractivity contribution >= 4 is 17.7 Å². The number of hydrogen-bond donors (Lipinski definition) is 3. The SMILES string of the molecule is CC(C)(C#N)c1ccc(NC(=O)NC(CCC(=O)O)Cc2ccccc2)cc1. The molecule has 0 aliphatic carbocycles. The first-order valence-electron chi connectivity index (χ1n) is 9.15. The van der Waals surface area contributed by atoms with Crippen molar-refractivity contribution in [3.63, 3.8) is 0 Å². The predicted octanol–water partition coefficient (Wildman–Crippen LogP) is 4.09. The van der Waals surface area contributed by atoms with Crippen LogP contribution in [0.4, 0.5) is 10.5 Å². The third-order valence-corrected chi connectivity index (χ3v) is 4.51. The molecule has 3 N–H and O–H groups in total. The maximum Gasteiger partial charge on any atom is 0.319 e. The number of hydrogen-bond acceptors (Lipinski definition) is 3. The summed E-state index contributed by atoms with van der Waals surface area (Å²) in [7, 11) is 0. The number of nitrogens with one attached hydrogen (secondary N) is 2. The maximum absolute atomic E-state index is 12.4. The zero-order valence-corrected chi connectivity index (χ0v) is 16.1. The highest BCUT2D eigenvalue weighted by Crippen LogP contribution is 2.23. The van der Waals surface area contributed by atoms with Crippen LogP contribution in [0.1, 0.15) is 37.8 Å². The minimum Gasteiger partial charge on any atom is -0.481 e. The second-order valence-electron chi connectivity index (χ2n) is 7.23. The third-order valence-electron chi connectivity index (χ3n) is 4.51. The Bertz CT molecular complexity index is 840. The monoisotopic (exact) mass is 379 g/mol. The molecule has 6 nitrogen and oxygen atoms in total. The summed E-state index contributed by atoms with van der Waals surface area (Å²) in [5.41, 5.74) is 1.90. The Morgan fingerprint density at radius 2 is 1.75 bits per heavy atom. The van der Waals surface area contributed by atoms with Gasteiger partial charge >= 0.3 is 12.0 Å². The van der Waals surface area contributed by atoms with Gasteiger partial charge in [0.15, 0.2) is 0 Å². The summed E-state index contributed by atoms with van der Waals surface area (Å²) < 4.78 is 0. The zero-order chi connectivity index (χ0) is 20.6. The predicted molar refractivity (Wildman–Crippen MR) is 108 cm³/mol. The first-order valence-corrected chi connectivity index (χ1v) is 9.15. The molecule has 0 saturated heterocycles. The van der Waals surface area contributed by atoms with Gasteiger partial charge in [0.1, 0.15) is 0 Å². The van der Waals surface area contributed by atoms with Crippen LogP contribution in [0.3, 0.4) is 0 Å². The number of nitrogens with zero attached hydrogens (tertiary/aromatic N) is 1. The van der Waals surface area contributed by atoms with Crippen LogP contribution in [0.2, 0.25) is 0 Å². The second-order valence-corrected chi connectivity index (χ2v) is 7.23. The quantitative estimate of drug-likeness (QED) is 0.643. The minimum atomic E-state index is -0.893. The molecule has 0 heterocycles. The van der Waals surface area contributed by atoms with Crippen LogP contribution in [-0.4, -0.2) is 23.1 Å².